The quantitative estimate of drug-likeness (QED) is 0.803. The summed E-state index contributed by atoms with van der Waals surface area (Å²) in [7, 11) is -3.68. The highest BCUT2D eigenvalue weighted by Crippen LogP contribution is 2.24. The van der Waals surface area contributed by atoms with Gasteiger partial charge in [0, 0.05) is 17.3 Å². The average molecular weight is 312 g/mol. The number of aromatic nitrogens is 1. The van der Waals surface area contributed by atoms with E-state index in [1.165, 1.54) is 0 Å². The number of benzene rings is 2. The van der Waals surface area contributed by atoms with E-state index in [1.54, 1.807) is 30.5 Å². The standard InChI is InChI=1S/C17H16N2O2S/c1-12-6-8-15(9-7-12)19-22(20,21)16-5-3-4-14-10-13(2)11-18-17(14)16/h3-11,19H,1-2H3. The molecule has 0 bridgehead atoms. The van der Waals surface area contributed by atoms with Crippen molar-refractivity contribution < 1.29 is 8.42 Å². The number of fused-ring (bicyclic) bond motifs is 1. The van der Waals surface area contributed by atoms with Crippen molar-refractivity contribution in [3.05, 3.63) is 65.9 Å². The molecule has 0 saturated carbocycles. The Balaban J connectivity index is 2.07. The Bertz CT molecular complexity index is 933. The number of para-hydroxylation sites is 1. The zero-order valence-corrected chi connectivity index (χ0v) is 13.2. The molecule has 0 saturated heterocycles. The Morgan fingerprint density at radius 1 is 0.955 bits per heavy atom. The molecule has 1 N–H and O–H groups in total. The maximum atomic E-state index is 12.6. The van der Waals surface area contributed by atoms with Gasteiger partial charge in [-0.05, 0) is 43.7 Å². The molecule has 0 amide bonds. The lowest BCUT2D eigenvalue weighted by Crippen LogP contribution is -2.13. The average Bonchev–Trinajstić information content (AvgIpc) is 2.48. The molecule has 0 atom stereocenters. The predicted octanol–water partition coefficient (Wildman–Crippen LogP) is 3.65. The molecule has 112 valence electrons. The lowest BCUT2D eigenvalue weighted by atomic mass is 10.2. The summed E-state index contributed by atoms with van der Waals surface area (Å²) >= 11 is 0. The van der Waals surface area contributed by atoms with Gasteiger partial charge in [-0.1, -0.05) is 29.8 Å². The fourth-order valence-corrected chi connectivity index (χ4v) is 3.53. The largest absolute Gasteiger partial charge is 0.280 e. The van der Waals surface area contributed by atoms with E-state index in [0.717, 1.165) is 16.5 Å². The first-order chi connectivity index (χ1) is 10.5. The third-order valence-corrected chi connectivity index (χ3v) is 4.82. The van der Waals surface area contributed by atoms with Crippen molar-refractivity contribution >= 4 is 26.6 Å². The monoisotopic (exact) mass is 312 g/mol. The SMILES string of the molecule is Cc1ccc(NS(=O)(=O)c2cccc3cc(C)cnc23)cc1. The Hall–Kier alpha value is -2.40. The van der Waals surface area contributed by atoms with Gasteiger partial charge in [0.25, 0.3) is 10.0 Å². The van der Waals surface area contributed by atoms with E-state index in [9.17, 15) is 8.42 Å². The molecule has 3 aromatic rings. The molecule has 1 aromatic heterocycles. The van der Waals surface area contributed by atoms with Gasteiger partial charge in [0.2, 0.25) is 0 Å². The number of anilines is 1. The molecule has 22 heavy (non-hydrogen) atoms. The lowest BCUT2D eigenvalue weighted by Gasteiger charge is -2.10. The number of rotatable bonds is 3. The van der Waals surface area contributed by atoms with Crippen LogP contribution in [0.2, 0.25) is 0 Å². The third kappa shape index (κ3) is 2.80. The zero-order chi connectivity index (χ0) is 15.7. The van der Waals surface area contributed by atoms with Crippen molar-refractivity contribution in [3.8, 4) is 0 Å². The molecule has 0 aliphatic rings. The van der Waals surface area contributed by atoms with Gasteiger partial charge in [-0.15, -0.1) is 0 Å². The second kappa shape index (κ2) is 5.42. The Labute approximate surface area is 129 Å². The van der Waals surface area contributed by atoms with Gasteiger partial charge in [0.15, 0.2) is 0 Å². The lowest BCUT2D eigenvalue weighted by molar-refractivity contribution is 0.602. The highest BCUT2D eigenvalue weighted by molar-refractivity contribution is 7.93. The van der Waals surface area contributed by atoms with Crippen LogP contribution in [-0.4, -0.2) is 13.4 Å². The van der Waals surface area contributed by atoms with Crippen molar-refractivity contribution in [3.63, 3.8) is 0 Å². The Morgan fingerprint density at radius 2 is 1.68 bits per heavy atom. The number of sulfonamides is 1. The minimum absolute atomic E-state index is 0.186. The summed E-state index contributed by atoms with van der Waals surface area (Å²) in [6.45, 7) is 3.88. The Morgan fingerprint density at radius 3 is 2.41 bits per heavy atom. The minimum atomic E-state index is -3.68. The first-order valence-corrected chi connectivity index (χ1v) is 8.39. The predicted molar refractivity (Wildman–Crippen MR) is 88.5 cm³/mol. The molecule has 0 spiro atoms. The number of nitrogens with one attached hydrogen (secondary N) is 1. The molecule has 4 nitrogen and oxygen atoms in total. The summed E-state index contributed by atoms with van der Waals surface area (Å²) in [5, 5.41) is 0.812. The molecule has 0 radical (unpaired) electrons. The molecular weight excluding hydrogens is 296 g/mol. The molecule has 0 unspecified atom stereocenters. The van der Waals surface area contributed by atoms with Crippen LogP contribution in [-0.2, 0) is 10.0 Å². The molecule has 0 aliphatic heterocycles. The van der Waals surface area contributed by atoms with Gasteiger partial charge in [0.1, 0.15) is 4.90 Å². The van der Waals surface area contributed by atoms with Gasteiger partial charge in [0.05, 0.1) is 5.52 Å². The van der Waals surface area contributed by atoms with Crippen LogP contribution in [0, 0.1) is 13.8 Å². The fourth-order valence-electron chi connectivity index (χ4n) is 2.29. The molecule has 0 fully saturated rings. The van der Waals surface area contributed by atoms with Gasteiger partial charge in [-0.2, -0.15) is 0 Å². The summed E-state index contributed by atoms with van der Waals surface area (Å²) in [5.74, 6) is 0. The van der Waals surface area contributed by atoms with Crippen molar-refractivity contribution in [2.75, 3.05) is 4.72 Å². The number of hydrogen-bond donors (Lipinski definition) is 1. The molecular formula is C17H16N2O2S. The second-order valence-electron chi connectivity index (χ2n) is 5.31. The van der Waals surface area contributed by atoms with Gasteiger partial charge < -0.3 is 0 Å². The minimum Gasteiger partial charge on any atom is -0.280 e. The smallest absolute Gasteiger partial charge is 0.264 e. The number of pyridine rings is 1. The maximum absolute atomic E-state index is 12.6. The van der Waals surface area contributed by atoms with Gasteiger partial charge >= 0.3 is 0 Å². The van der Waals surface area contributed by atoms with Crippen molar-refractivity contribution in [1.82, 2.24) is 4.98 Å². The zero-order valence-electron chi connectivity index (χ0n) is 12.4. The van der Waals surface area contributed by atoms with Crippen LogP contribution in [0.15, 0.2) is 59.6 Å². The maximum Gasteiger partial charge on any atom is 0.264 e. The Kier molecular flexibility index (Phi) is 3.58. The van der Waals surface area contributed by atoms with Crippen molar-refractivity contribution in [1.29, 1.82) is 0 Å². The molecule has 2 aromatic carbocycles. The van der Waals surface area contributed by atoms with Crippen LogP contribution in [0.1, 0.15) is 11.1 Å². The third-order valence-electron chi connectivity index (χ3n) is 3.40. The molecule has 0 aliphatic carbocycles. The van der Waals surface area contributed by atoms with Crippen LogP contribution < -0.4 is 4.72 Å². The van der Waals surface area contributed by atoms with Crippen LogP contribution in [0.25, 0.3) is 10.9 Å². The highest BCUT2D eigenvalue weighted by Gasteiger charge is 2.18. The van der Waals surface area contributed by atoms with E-state index in [0.29, 0.717) is 11.2 Å². The van der Waals surface area contributed by atoms with E-state index < -0.39 is 10.0 Å². The first kappa shape index (κ1) is 14.5. The van der Waals surface area contributed by atoms with E-state index in [2.05, 4.69) is 9.71 Å². The number of aryl methyl sites for hydroxylation is 2. The fraction of sp³-hybridized carbons (Fsp3) is 0.118. The van der Waals surface area contributed by atoms with Crippen LogP contribution in [0.3, 0.4) is 0 Å². The van der Waals surface area contributed by atoms with Gasteiger partial charge in [-0.25, -0.2) is 8.42 Å². The van der Waals surface area contributed by atoms with Crippen molar-refractivity contribution in [2.45, 2.75) is 18.7 Å². The van der Waals surface area contributed by atoms with Crippen LogP contribution in [0.4, 0.5) is 5.69 Å². The summed E-state index contributed by atoms with van der Waals surface area (Å²) in [4.78, 5) is 4.47. The topological polar surface area (TPSA) is 59.1 Å². The van der Waals surface area contributed by atoms with Gasteiger partial charge in [-0.3, -0.25) is 9.71 Å². The highest BCUT2D eigenvalue weighted by atomic mass is 32.2. The number of hydrogen-bond acceptors (Lipinski definition) is 3. The normalized spacial score (nSPS) is 11.5. The van der Waals surface area contributed by atoms with E-state index in [4.69, 9.17) is 0 Å². The van der Waals surface area contributed by atoms with Crippen LogP contribution >= 0.6 is 0 Å². The number of nitrogens with zero attached hydrogens (tertiary/aromatic N) is 1. The van der Waals surface area contributed by atoms with E-state index >= 15 is 0 Å². The van der Waals surface area contributed by atoms with E-state index in [-0.39, 0.29) is 4.90 Å². The first-order valence-electron chi connectivity index (χ1n) is 6.90. The second-order valence-corrected chi connectivity index (χ2v) is 6.96. The van der Waals surface area contributed by atoms with Crippen LogP contribution in [0.5, 0.6) is 0 Å². The summed E-state index contributed by atoms with van der Waals surface area (Å²) < 4.78 is 27.9. The summed E-state index contributed by atoms with van der Waals surface area (Å²) in [5.41, 5.74) is 3.08. The summed E-state index contributed by atoms with van der Waals surface area (Å²) in [6.07, 6.45) is 1.67. The summed E-state index contributed by atoms with van der Waals surface area (Å²) in [6, 6.07) is 14.3. The molecule has 1 heterocycles. The van der Waals surface area contributed by atoms with E-state index in [1.807, 2.05) is 38.1 Å². The molecule has 3 rings (SSSR count). The van der Waals surface area contributed by atoms with Crippen molar-refractivity contribution in [2.24, 2.45) is 0 Å². The molecule has 5 heteroatoms.